The third-order valence-electron chi connectivity index (χ3n) is 5.97. The van der Waals surface area contributed by atoms with Crippen LogP contribution in [-0.2, 0) is 6.54 Å². The van der Waals surface area contributed by atoms with Crippen LogP contribution >= 0.6 is 0 Å². The van der Waals surface area contributed by atoms with Crippen LogP contribution in [0.4, 0.5) is 5.69 Å². The molecule has 0 radical (unpaired) electrons. The number of benzene rings is 1. The van der Waals surface area contributed by atoms with E-state index in [-0.39, 0.29) is 0 Å². The van der Waals surface area contributed by atoms with Crippen LogP contribution in [0.1, 0.15) is 55.5 Å². The van der Waals surface area contributed by atoms with Crippen LogP contribution < -0.4 is 5.32 Å². The van der Waals surface area contributed by atoms with E-state index in [2.05, 4.69) is 38.9 Å². The molecule has 180 valence electrons. The smallest absolute Gasteiger partial charge is 0.140 e. The molecule has 4 rings (SSSR count). The zero-order valence-corrected chi connectivity index (χ0v) is 20.9. The van der Waals surface area contributed by atoms with Crippen molar-refractivity contribution in [2.75, 3.05) is 18.4 Å². The van der Waals surface area contributed by atoms with Crippen molar-refractivity contribution in [2.45, 2.75) is 46.6 Å². The fourth-order valence-electron chi connectivity index (χ4n) is 4.11. The lowest BCUT2D eigenvalue weighted by molar-refractivity contribution is 0.220. The molecule has 0 aliphatic carbocycles. The molecule has 1 aromatic carbocycles. The van der Waals surface area contributed by atoms with Gasteiger partial charge in [-0.2, -0.15) is 5.26 Å². The van der Waals surface area contributed by atoms with Gasteiger partial charge in [-0.3, -0.25) is 15.3 Å². The molecule has 0 spiro atoms. The molecular weight excluding hydrogens is 432 g/mol. The van der Waals surface area contributed by atoms with E-state index in [1.807, 2.05) is 51.4 Å². The first kappa shape index (κ1) is 25.8. The Hall–Kier alpha value is -3.82. The molecular formula is C29H34N6. The van der Waals surface area contributed by atoms with Crippen molar-refractivity contribution in [3.8, 4) is 17.2 Å². The van der Waals surface area contributed by atoms with E-state index in [0.717, 1.165) is 41.9 Å². The van der Waals surface area contributed by atoms with Gasteiger partial charge in [-0.05, 0) is 73.8 Å². The van der Waals surface area contributed by atoms with Gasteiger partial charge in [0.25, 0.3) is 0 Å². The quantitative estimate of drug-likeness (QED) is 0.397. The summed E-state index contributed by atoms with van der Waals surface area (Å²) in [7, 11) is 0. The third kappa shape index (κ3) is 6.84. The van der Waals surface area contributed by atoms with Crippen LogP contribution in [0.2, 0.25) is 0 Å². The number of pyridine rings is 2. The van der Waals surface area contributed by atoms with Crippen molar-refractivity contribution in [1.29, 1.82) is 10.7 Å². The maximum absolute atomic E-state index is 8.91. The monoisotopic (exact) mass is 466 g/mol. The van der Waals surface area contributed by atoms with Crippen molar-refractivity contribution in [3.63, 3.8) is 0 Å². The minimum atomic E-state index is 0.316. The second kappa shape index (κ2) is 12.6. The molecule has 0 atom stereocenters. The molecule has 35 heavy (non-hydrogen) atoms. The molecule has 6 nitrogen and oxygen atoms in total. The van der Waals surface area contributed by atoms with Gasteiger partial charge in [0.05, 0.1) is 23.3 Å². The first-order chi connectivity index (χ1) is 17.0. The molecule has 1 saturated heterocycles. The number of nitriles is 1. The minimum absolute atomic E-state index is 0.316. The van der Waals surface area contributed by atoms with E-state index in [0.29, 0.717) is 22.8 Å². The number of aromatic nitrogens is 2. The van der Waals surface area contributed by atoms with Gasteiger partial charge in [0, 0.05) is 30.1 Å². The van der Waals surface area contributed by atoms with Crippen molar-refractivity contribution in [1.82, 2.24) is 14.9 Å². The molecule has 2 aromatic heterocycles. The van der Waals surface area contributed by atoms with E-state index < -0.39 is 0 Å². The molecule has 0 amide bonds. The number of nitrogens with zero attached hydrogens (tertiary/aromatic N) is 4. The zero-order valence-electron chi connectivity index (χ0n) is 20.9. The van der Waals surface area contributed by atoms with Crippen molar-refractivity contribution < 1.29 is 0 Å². The molecule has 2 N–H and O–H groups in total. The summed E-state index contributed by atoms with van der Waals surface area (Å²) in [6, 6.07) is 13.7. The highest BCUT2D eigenvalue weighted by Crippen LogP contribution is 2.25. The summed E-state index contributed by atoms with van der Waals surface area (Å²) in [5.41, 5.74) is 6.93. The molecule has 3 heterocycles. The molecule has 6 heteroatoms. The first-order valence-electron chi connectivity index (χ1n) is 12.2. The Labute approximate surface area is 208 Å². The van der Waals surface area contributed by atoms with Gasteiger partial charge in [-0.1, -0.05) is 39.0 Å². The standard InChI is InChI=1S/C27H28N6.C2H6/c1-19-6-7-22(23-12-21(15-30-16-23)18-33-10-4-3-5-11-33)13-26(19)27(29)20(2)32-25-9-8-24(14-28)31-17-25;1-2/h6-9,12-13,15-17,29,32H,2-5,10-11,18H2,1H3;1-2H3. The third-order valence-corrected chi connectivity index (χ3v) is 5.97. The maximum atomic E-state index is 8.91. The summed E-state index contributed by atoms with van der Waals surface area (Å²) in [6.45, 7) is 13.3. The lowest BCUT2D eigenvalue weighted by Crippen LogP contribution is -2.29. The van der Waals surface area contributed by atoms with Gasteiger partial charge in [-0.25, -0.2) is 4.98 Å². The summed E-state index contributed by atoms with van der Waals surface area (Å²) >= 11 is 0. The molecule has 0 unspecified atom stereocenters. The van der Waals surface area contributed by atoms with E-state index in [1.54, 1.807) is 18.3 Å². The number of nitrogens with one attached hydrogen (secondary N) is 2. The van der Waals surface area contributed by atoms with Gasteiger partial charge in [0.2, 0.25) is 0 Å². The van der Waals surface area contributed by atoms with Crippen molar-refractivity contribution >= 4 is 11.4 Å². The highest BCUT2D eigenvalue weighted by atomic mass is 15.1. The SMILES string of the molecule is C=C(Nc1ccc(C#N)nc1)C(=N)c1cc(-c2cncc(CN3CCCCC3)c2)ccc1C.CC. The number of anilines is 1. The lowest BCUT2D eigenvalue weighted by Gasteiger charge is -2.26. The molecule has 1 aliphatic rings. The van der Waals surface area contributed by atoms with Crippen LogP contribution in [0, 0.1) is 23.7 Å². The number of aryl methyl sites for hydroxylation is 1. The van der Waals surface area contributed by atoms with Gasteiger partial charge in [-0.15, -0.1) is 0 Å². The van der Waals surface area contributed by atoms with Crippen LogP contribution in [0.25, 0.3) is 11.1 Å². The van der Waals surface area contributed by atoms with Crippen LogP contribution in [0.5, 0.6) is 0 Å². The van der Waals surface area contributed by atoms with E-state index in [4.69, 9.17) is 10.7 Å². The fraction of sp³-hybridized carbons (Fsp3) is 0.310. The Kier molecular flexibility index (Phi) is 9.28. The molecule has 3 aromatic rings. The van der Waals surface area contributed by atoms with Gasteiger partial charge >= 0.3 is 0 Å². The number of hydrogen-bond acceptors (Lipinski definition) is 6. The number of hydrogen-bond donors (Lipinski definition) is 2. The van der Waals surface area contributed by atoms with E-state index >= 15 is 0 Å². The number of likely N-dealkylation sites (tertiary alicyclic amines) is 1. The average molecular weight is 467 g/mol. The van der Waals surface area contributed by atoms with Crippen molar-refractivity contribution in [3.05, 3.63) is 89.6 Å². The topological polar surface area (TPSA) is 88.7 Å². The van der Waals surface area contributed by atoms with Gasteiger partial charge in [0.15, 0.2) is 0 Å². The van der Waals surface area contributed by atoms with Crippen LogP contribution in [0.3, 0.4) is 0 Å². The molecule has 0 saturated carbocycles. The lowest BCUT2D eigenvalue weighted by atomic mass is 9.96. The first-order valence-corrected chi connectivity index (χ1v) is 12.2. The maximum Gasteiger partial charge on any atom is 0.140 e. The summed E-state index contributed by atoms with van der Waals surface area (Å²) in [5.74, 6) is 0. The van der Waals surface area contributed by atoms with Crippen molar-refractivity contribution in [2.24, 2.45) is 0 Å². The average Bonchev–Trinajstić information content (AvgIpc) is 2.91. The summed E-state index contributed by atoms with van der Waals surface area (Å²) < 4.78 is 0. The Balaban J connectivity index is 0.00000167. The van der Waals surface area contributed by atoms with Gasteiger partial charge < -0.3 is 5.32 Å². The Morgan fingerprint density at radius 3 is 2.51 bits per heavy atom. The number of allylic oxidation sites excluding steroid dienone is 1. The Bertz CT molecular complexity index is 1200. The highest BCUT2D eigenvalue weighted by molar-refractivity contribution is 6.13. The summed E-state index contributed by atoms with van der Waals surface area (Å²) in [6.07, 6.45) is 9.27. The van der Waals surface area contributed by atoms with E-state index in [1.165, 1.54) is 24.8 Å². The predicted octanol–water partition coefficient (Wildman–Crippen LogP) is 6.33. The largest absolute Gasteiger partial charge is 0.353 e. The van der Waals surface area contributed by atoms with Crippen LogP contribution in [0.15, 0.2) is 67.3 Å². The number of rotatable bonds is 7. The molecule has 1 aliphatic heterocycles. The fourth-order valence-corrected chi connectivity index (χ4v) is 4.11. The highest BCUT2D eigenvalue weighted by Gasteiger charge is 2.14. The minimum Gasteiger partial charge on any atom is -0.353 e. The predicted molar refractivity (Wildman–Crippen MR) is 143 cm³/mol. The Morgan fingerprint density at radius 2 is 1.83 bits per heavy atom. The van der Waals surface area contributed by atoms with Gasteiger partial charge in [0.1, 0.15) is 11.8 Å². The Morgan fingerprint density at radius 1 is 1.06 bits per heavy atom. The second-order valence-corrected chi connectivity index (χ2v) is 8.47. The second-order valence-electron chi connectivity index (χ2n) is 8.47. The summed E-state index contributed by atoms with van der Waals surface area (Å²) in [5, 5.41) is 20.7. The zero-order chi connectivity index (χ0) is 25.2. The normalized spacial score (nSPS) is 13.2. The number of piperidine rings is 1. The van der Waals surface area contributed by atoms with E-state index in [9.17, 15) is 0 Å². The van der Waals surface area contributed by atoms with Crippen LogP contribution in [-0.4, -0.2) is 33.7 Å². The summed E-state index contributed by atoms with van der Waals surface area (Å²) in [4.78, 5) is 11.0. The molecule has 1 fully saturated rings. The molecule has 0 bridgehead atoms.